The van der Waals surface area contributed by atoms with Crippen LogP contribution in [0.15, 0.2) is 6.07 Å². The third-order valence-electron chi connectivity index (χ3n) is 3.38. The fourth-order valence-corrected chi connectivity index (χ4v) is 2.34. The lowest BCUT2D eigenvalue weighted by molar-refractivity contribution is -0.130. The molecule has 7 nitrogen and oxygen atoms in total. The van der Waals surface area contributed by atoms with E-state index in [9.17, 15) is 4.79 Å². The van der Waals surface area contributed by atoms with Crippen LogP contribution in [0.3, 0.4) is 0 Å². The van der Waals surface area contributed by atoms with Gasteiger partial charge in [-0.2, -0.15) is 0 Å². The molecule has 1 aliphatic heterocycles. The Morgan fingerprint density at radius 1 is 1.48 bits per heavy atom. The second kappa shape index (κ2) is 7.21. The molecule has 0 aliphatic carbocycles. The van der Waals surface area contributed by atoms with Gasteiger partial charge in [0.1, 0.15) is 24.3 Å². The fourth-order valence-electron chi connectivity index (χ4n) is 2.34. The highest BCUT2D eigenvalue weighted by Gasteiger charge is 2.23. The average Bonchev–Trinajstić information content (AvgIpc) is 2.97. The Balaban J connectivity index is 2.00. The number of rotatable bonds is 6. The van der Waals surface area contributed by atoms with Gasteiger partial charge in [0, 0.05) is 25.8 Å². The predicted molar refractivity (Wildman–Crippen MR) is 80.7 cm³/mol. The van der Waals surface area contributed by atoms with Crippen molar-refractivity contribution in [2.75, 3.05) is 30.7 Å². The van der Waals surface area contributed by atoms with Gasteiger partial charge in [-0.3, -0.25) is 4.79 Å². The molecule has 116 valence electrons. The van der Waals surface area contributed by atoms with E-state index in [2.05, 4.69) is 15.3 Å². The van der Waals surface area contributed by atoms with E-state index in [0.29, 0.717) is 30.7 Å². The number of anilines is 2. The summed E-state index contributed by atoms with van der Waals surface area (Å²) in [4.78, 5) is 22.6. The molecular weight excluding hydrogens is 270 g/mol. The Morgan fingerprint density at radius 3 is 2.86 bits per heavy atom. The Labute approximate surface area is 124 Å². The molecule has 2 heterocycles. The molecule has 1 amide bonds. The summed E-state index contributed by atoms with van der Waals surface area (Å²) in [6, 6.07) is 1.29. The highest BCUT2D eigenvalue weighted by Crippen LogP contribution is 2.14. The molecule has 0 radical (unpaired) electrons. The zero-order valence-corrected chi connectivity index (χ0v) is 12.6. The molecule has 1 unspecified atom stereocenters. The molecule has 1 aromatic heterocycles. The normalized spacial score (nSPS) is 16.0. The number of carbonyl (C=O) groups is 1. The van der Waals surface area contributed by atoms with Crippen LogP contribution in [0.2, 0.25) is 0 Å². The number of nitrogens with zero attached hydrogens (tertiary/aromatic N) is 3. The van der Waals surface area contributed by atoms with E-state index in [1.54, 1.807) is 6.07 Å². The van der Waals surface area contributed by atoms with Crippen molar-refractivity contribution < 1.29 is 9.53 Å². The highest BCUT2D eigenvalue weighted by atomic mass is 16.5. The van der Waals surface area contributed by atoms with Crippen LogP contribution >= 0.6 is 0 Å². The minimum absolute atomic E-state index is 0.0936. The number of aromatic nitrogens is 2. The van der Waals surface area contributed by atoms with Gasteiger partial charge < -0.3 is 20.7 Å². The number of hydrogen-bond acceptors (Lipinski definition) is 6. The monoisotopic (exact) mass is 293 g/mol. The molecule has 1 aliphatic rings. The average molecular weight is 293 g/mol. The van der Waals surface area contributed by atoms with Gasteiger partial charge in [0.05, 0.1) is 0 Å². The first kappa shape index (κ1) is 15.5. The van der Waals surface area contributed by atoms with Crippen LogP contribution < -0.4 is 11.1 Å². The summed E-state index contributed by atoms with van der Waals surface area (Å²) in [5, 5.41) is 3.10. The number of ether oxygens (including phenoxy) is 1. The first-order valence-corrected chi connectivity index (χ1v) is 7.36. The molecule has 0 saturated carbocycles. The van der Waals surface area contributed by atoms with Gasteiger partial charge in [0.25, 0.3) is 0 Å². The lowest BCUT2D eigenvalue weighted by Crippen LogP contribution is -2.39. The van der Waals surface area contributed by atoms with Crippen molar-refractivity contribution in [3.05, 3.63) is 11.9 Å². The smallest absolute Gasteiger partial charge is 0.244 e. The van der Waals surface area contributed by atoms with Gasteiger partial charge >= 0.3 is 0 Å². The van der Waals surface area contributed by atoms with Crippen molar-refractivity contribution in [1.29, 1.82) is 0 Å². The maximum absolute atomic E-state index is 12.3. The maximum Gasteiger partial charge on any atom is 0.244 e. The molecule has 7 heteroatoms. The third-order valence-corrected chi connectivity index (χ3v) is 3.38. The van der Waals surface area contributed by atoms with Crippen molar-refractivity contribution in [2.24, 2.45) is 0 Å². The van der Waals surface area contributed by atoms with E-state index < -0.39 is 0 Å². The van der Waals surface area contributed by atoms with Crippen LogP contribution in [-0.2, 0) is 16.1 Å². The Bertz CT molecular complexity index is 488. The van der Waals surface area contributed by atoms with E-state index in [1.807, 2.05) is 18.7 Å². The van der Waals surface area contributed by atoms with Crippen LogP contribution in [0.5, 0.6) is 0 Å². The largest absolute Gasteiger partial charge is 0.384 e. The molecule has 0 bridgehead atoms. The van der Waals surface area contributed by atoms with Crippen LogP contribution in [0.1, 0.15) is 32.5 Å². The summed E-state index contributed by atoms with van der Waals surface area (Å²) in [6.45, 7) is 6.32. The number of hydrogen-bond donors (Lipinski definition) is 2. The molecule has 21 heavy (non-hydrogen) atoms. The molecule has 1 aromatic rings. The standard InChI is InChI=1S/C14H23N5O2/c1-3-21-9-13-17-11(15)8-12(18-13)16-10(2)14(20)19-6-4-5-7-19/h8,10H,3-7,9H2,1-2H3,(H3,15,16,17,18). The lowest BCUT2D eigenvalue weighted by Gasteiger charge is -2.21. The third kappa shape index (κ3) is 4.29. The van der Waals surface area contributed by atoms with Crippen molar-refractivity contribution in [1.82, 2.24) is 14.9 Å². The zero-order valence-electron chi connectivity index (χ0n) is 12.6. The molecule has 1 atom stereocenters. The summed E-state index contributed by atoms with van der Waals surface area (Å²) in [6.07, 6.45) is 2.16. The molecular formula is C14H23N5O2. The molecule has 0 aromatic carbocycles. The predicted octanol–water partition coefficient (Wildman–Crippen LogP) is 1.02. The first-order chi connectivity index (χ1) is 10.1. The minimum Gasteiger partial charge on any atom is -0.384 e. The van der Waals surface area contributed by atoms with Crippen LogP contribution in [0.4, 0.5) is 11.6 Å². The summed E-state index contributed by atoms with van der Waals surface area (Å²) in [5.74, 6) is 1.52. The van der Waals surface area contributed by atoms with Crippen LogP contribution in [0.25, 0.3) is 0 Å². The molecule has 2 rings (SSSR count). The number of likely N-dealkylation sites (tertiary alicyclic amines) is 1. The van der Waals surface area contributed by atoms with Crippen molar-refractivity contribution >= 4 is 17.5 Å². The molecule has 0 spiro atoms. The van der Waals surface area contributed by atoms with Gasteiger partial charge in [-0.25, -0.2) is 9.97 Å². The zero-order chi connectivity index (χ0) is 15.2. The summed E-state index contributed by atoms with van der Waals surface area (Å²) in [5.41, 5.74) is 5.76. The highest BCUT2D eigenvalue weighted by molar-refractivity contribution is 5.84. The Morgan fingerprint density at radius 2 is 2.19 bits per heavy atom. The van der Waals surface area contributed by atoms with Gasteiger partial charge in [0.15, 0.2) is 5.82 Å². The minimum atomic E-state index is -0.336. The topological polar surface area (TPSA) is 93.4 Å². The molecule has 1 fully saturated rings. The number of nitrogen functional groups attached to an aromatic ring is 1. The second-order valence-electron chi connectivity index (χ2n) is 5.13. The first-order valence-electron chi connectivity index (χ1n) is 7.36. The van der Waals surface area contributed by atoms with E-state index >= 15 is 0 Å². The molecule has 1 saturated heterocycles. The number of amides is 1. The van der Waals surface area contributed by atoms with Gasteiger partial charge in [-0.1, -0.05) is 0 Å². The maximum atomic E-state index is 12.3. The van der Waals surface area contributed by atoms with Crippen molar-refractivity contribution in [2.45, 2.75) is 39.3 Å². The number of nitrogens with two attached hydrogens (primary N) is 1. The lowest BCUT2D eigenvalue weighted by atomic mass is 10.3. The second-order valence-corrected chi connectivity index (χ2v) is 5.13. The number of nitrogens with one attached hydrogen (secondary N) is 1. The number of carbonyl (C=O) groups excluding carboxylic acids is 1. The van der Waals surface area contributed by atoms with Crippen molar-refractivity contribution in [3.63, 3.8) is 0 Å². The van der Waals surface area contributed by atoms with Gasteiger partial charge in [-0.05, 0) is 26.7 Å². The summed E-state index contributed by atoms with van der Waals surface area (Å²) >= 11 is 0. The van der Waals surface area contributed by atoms with E-state index in [4.69, 9.17) is 10.5 Å². The van der Waals surface area contributed by atoms with E-state index in [1.165, 1.54) is 0 Å². The SMILES string of the molecule is CCOCc1nc(N)cc(NC(C)C(=O)N2CCCC2)n1. The van der Waals surface area contributed by atoms with Crippen molar-refractivity contribution in [3.8, 4) is 0 Å². The van der Waals surface area contributed by atoms with Gasteiger partial charge in [-0.15, -0.1) is 0 Å². The van der Waals surface area contributed by atoms with Gasteiger partial charge in [0.2, 0.25) is 5.91 Å². The van der Waals surface area contributed by atoms with E-state index in [0.717, 1.165) is 25.9 Å². The summed E-state index contributed by atoms with van der Waals surface area (Å²) < 4.78 is 5.28. The van der Waals surface area contributed by atoms with E-state index in [-0.39, 0.29) is 11.9 Å². The summed E-state index contributed by atoms with van der Waals surface area (Å²) in [7, 11) is 0. The van der Waals surface area contributed by atoms with Crippen LogP contribution in [-0.4, -0.2) is 46.5 Å². The Kier molecular flexibility index (Phi) is 5.32. The van der Waals surface area contributed by atoms with Crippen LogP contribution in [0, 0.1) is 0 Å². The molecule has 3 N–H and O–H groups in total. The fraction of sp³-hybridized carbons (Fsp3) is 0.643. The Hall–Kier alpha value is -1.89. The quantitative estimate of drug-likeness (QED) is 0.813.